The Bertz CT molecular complexity index is 894. The second-order valence-electron chi connectivity index (χ2n) is 7.93. The lowest BCUT2D eigenvalue weighted by Crippen LogP contribution is -2.40. The molecule has 0 bridgehead atoms. The Labute approximate surface area is 161 Å². The molecule has 0 aliphatic rings. The fourth-order valence-corrected chi connectivity index (χ4v) is 4.06. The van der Waals surface area contributed by atoms with Gasteiger partial charge in [0, 0.05) is 42.5 Å². The Kier molecular flexibility index (Phi) is 6.11. The van der Waals surface area contributed by atoms with E-state index < -0.39 is 15.6 Å². The largest absolute Gasteiger partial charge is 0.332 e. The van der Waals surface area contributed by atoms with Crippen LogP contribution < -0.4 is 4.72 Å². The van der Waals surface area contributed by atoms with Gasteiger partial charge in [0.15, 0.2) is 0 Å². The number of nitrogens with one attached hydrogen (secondary N) is 1. The van der Waals surface area contributed by atoms with Gasteiger partial charge in [-0.25, -0.2) is 13.1 Å². The normalized spacial score (nSPS) is 12.4. The van der Waals surface area contributed by atoms with Gasteiger partial charge in [0.25, 0.3) is 5.91 Å². The molecule has 0 radical (unpaired) electrons. The van der Waals surface area contributed by atoms with Gasteiger partial charge >= 0.3 is 0 Å². The van der Waals surface area contributed by atoms with E-state index in [2.05, 4.69) is 9.82 Å². The van der Waals surface area contributed by atoms with Crippen molar-refractivity contribution in [1.82, 2.24) is 19.4 Å². The minimum atomic E-state index is -3.63. The van der Waals surface area contributed by atoms with Crippen molar-refractivity contribution in [2.75, 3.05) is 0 Å². The monoisotopic (exact) mass is 392 g/mol. The van der Waals surface area contributed by atoms with Gasteiger partial charge in [-0.3, -0.25) is 9.48 Å². The highest BCUT2D eigenvalue weighted by atomic mass is 32.2. The first kappa shape index (κ1) is 21.1. The molecule has 0 aliphatic carbocycles. The van der Waals surface area contributed by atoms with Crippen molar-refractivity contribution >= 4 is 15.9 Å². The van der Waals surface area contributed by atoms with E-state index in [1.54, 1.807) is 48.7 Å². The molecule has 27 heavy (non-hydrogen) atoms. The third-order valence-electron chi connectivity index (χ3n) is 3.85. The van der Waals surface area contributed by atoms with Crippen LogP contribution in [0, 0.1) is 0 Å². The molecule has 8 heteroatoms. The van der Waals surface area contributed by atoms with E-state index in [9.17, 15) is 13.2 Å². The van der Waals surface area contributed by atoms with E-state index in [1.165, 1.54) is 12.1 Å². The average Bonchev–Trinajstić information content (AvgIpc) is 2.95. The summed E-state index contributed by atoms with van der Waals surface area (Å²) in [6.45, 7) is 9.67. The molecule has 7 nitrogen and oxygen atoms in total. The van der Waals surface area contributed by atoms with Crippen LogP contribution in [-0.2, 0) is 23.6 Å². The third-order valence-corrected chi connectivity index (χ3v) is 5.62. The van der Waals surface area contributed by atoms with E-state index >= 15 is 0 Å². The number of sulfonamides is 1. The Hall–Kier alpha value is -2.19. The molecule has 0 atom stereocenters. The summed E-state index contributed by atoms with van der Waals surface area (Å²) in [5.41, 5.74) is 0.807. The highest BCUT2D eigenvalue weighted by Crippen LogP contribution is 2.17. The zero-order valence-corrected chi connectivity index (χ0v) is 17.5. The summed E-state index contributed by atoms with van der Waals surface area (Å²) >= 11 is 0. The average molecular weight is 393 g/mol. The highest BCUT2D eigenvalue weighted by molar-refractivity contribution is 7.89. The number of aryl methyl sites for hydroxylation is 1. The number of rotatable bonds is 6. The number of aromatic nitrogens is 2. The van der Waals surface area contributed by atoms with Crippen molar-refractivity contribution in [2.45, 2.75) is 57.6 Å². The summed E-state index contributed by atoms with van der Waals surface area (Å²) < 4.78 is 29.1. The number of hydrogen-bond acceptors (Lipinski definition) is 4. The maximum absolute atomic E-state index is 12.9. The smallest absolute Gasteiger partial charge is 0.254 e. The Morgan fingerprint density at radius 2 is 1.81 bits per heavy atom. The lowest BCUT2D eigenvalue weighted by molar-refractivity contribution is 0.0690. The van der Waals surface area contributed by atoms with Gasteiger partial charge in [-0.2, -0.15) is 5.10 Å². The Morgan fingerprint density at radius 1 is 1.22 bits per heavy atom. The van der Waals surface area contributed by atoms with Crippen molar-refractivity contribution in [3.05, 3.63) is 47.8 Å². The topological polar surface area (TPSA) is 84.3 Å². The molecule has 1 aromatic carbocycles. The van der Waals surface area contributed by atoms with E-state index in [0.29, 0.717) is 12.1 Å². The van der Waals surface area contributed by atoms with Crippen LogP contribution in [0.25, 0.3) is 0 Å². The van der Waals surface area contributed by atoms with Crippen molar-refractivity contribution in [1.29, 1.82) is 0 Å². The lowest BCUT2D eigenvalue weighted by Gasteiger charge is -2.26. The van der Waals surface area contributed by atoms with Gasteiger partial charge in [-0.15, -0.1) is 0 Å². The van der Waals surface area contributed by atoms with Crippen LogP contribution in [0.4, 0.5) is 0 Å². The van der Waals surface area contributed by atoms with Crippen LogP contribution >= 0.6 is 0 Å². The van der Waals surface area contributed by atoms with Crippen molar-refractivity contribution < 1.29 is 13.2 Å². The van der Waals surface area contributed by atoms with Crippen LogP contribution in [0.3, 0.4) is 0 Å². The van der Waals surface area contributed by atoms with Crippen LogP contribution in [0.1, 0.15) is 50.5 Å². The van der Waals surface area contributed by atoms with Gasteiger partial charge in [-0.05, 0) is 58.9 Å². The third kappa shape index (κ3) is 5.64. The van der Waals surface area contributed by atoms with E-state index in [4.69, 9.17) is 0 Å². The number of nitrogens with zero attached hydrogens (tertiary/aromatic N) is 3. The second-order valence-corrected chi connectivity index (χ2v) is 9.61. The molecule has 1 N–H and O–H groups in total. The van der Waals surface area contributed by atoms with Crippen LogP contribution in [-0.4, -0.2) is 40.6 Å². The fraction of sp³-hybridized carbons (Fsp3) is 0.474. The Morgan fingerprint density at radius 3 is 2.26 bits per heavy atom. The highest BCUT2D eigenvalue weighted by Gasteiger charge is 2.24. The summed E-state index contributed by atoms with van der Waals surface area (Å²) in [7, 11) is -1.80. The first-order chi connectivity index (χ1) is 12.4. The molecule has 1 aromatic heterocycles. The standard InChI is InChI=1S/C19H28N4O3S/c1-14(2)23(13-15-11-20-22(6)12-15)18(24)16-7-9-17(10-8-16)27(25,26)21-19(3,4)5/h7-12,14,21H,13H2,1-6H3. The predicted molar refractivity (Wildman–Crippen MR) is 105 cm³/mol. The minimum Gasteiger partial charge on any atom is -0.332 e. The lowest BCUT2D eigenvalue weighted by atomic mass is 10.1. The molecule has 0 saturated heterocycles. The molecule has 1 amide bonds. The molecular weight excluding hydrogens is 364 g/mol. The number of benzene rings is 1. The number of carbonyl (C=O) groups is 1. The zero-order chi connectivity index (χ0) is 20.4. The SMILES string of the molecule is CC(C)N(Cc1cnn(C)c1)C(=O)c1ccc(S(=O)(=O)NC(C)(C)C)cc1. The molecule has 148 valence electrons. The van der Waals surface area contributed by atoms with E-state index in [-0.39, 0.29) is 16.8 Å². The maximum atomic E-state index is 12.9. The summed E-state index contributed by atoms with van der Waals surface area (Å²) in [6.07, 6.45) is 3.60. The van der Waals surface area contributed by atoms with Crippen molar-refractivity contribution in [3.63, 3.8) is 0 Å². The molecule has 0 fully saturated rings. The fourth-order valence-electron chi connectivity index (χ4n) is 2.64. The summed E-state index contributed by atoms with van der Waals surface area (Å²) in [6, 6.07) is 6.02. The predicted octanol–water partition coefficient (Wildman–Crippen LogP) is 2.55. The number of amides is 1. The van der Waals surface area contributed by atoms with Crippen molar-refractivity contribution in [3.8, 4) is 0 Å². The molecule has 0 saturated carbocycles. The zero-order valence-electron chi connectivity index (χ0n) is 16.7. The second kappa shape index (κ2) is 7.82. The number of carbonyl (C=O) groups excluding carboxylic acids is 1. The van der Waals surface area contributed by atoms with Crippen LogP contribution in [0.2, 0.25) is 0 Å². The first-order valence-corrected chi connectivity index (χ1v) is 10.3. The molecule has 0 spiro atoms. The maximum Gasteiger partial charge on any atom is 0.254 e. The number of hydrogen-bond donors (Lipinski definition) is 1. The first-order valence-electron chi connectivity index (χ1n) is 8.81. The van der Waals surface area contributed by atoms with Crippen molar-refractivity contribution in [2.24, 2.45) is 7.05 Å². The quantitative estimate of drug-likeness (QED) is 0.819. The van der Waals surface area contributed by atoms with Gasteiger partial charge in [-0.1, -0.05) is 0 Å². The van der Waals surface area contributed by atoms with Gasteiger partial charge < -0.3 is 4.90 Å². The molecule has 0 aliphatic heterocycles. The van der Waals surface area contributed by atoms with Crippen LogP contribution in [0.15, 0.2) is 41.6 Å². The Balaban J connectivity index is 2.22. The molecular formula is C19H28N4O3S. The minimum absolute atomic E-state index is 0.0105. The summed E-state index contributed by atoms with van der Waals surface area (Å²) in [5.74, 6) is -0.151. The summed E-state index contributed by atoms with van der Waals surface area (Å²) in [4.78, 5) is 14.8. The van der Waals surface area contributed by atoms with E-state index in [1.807, 2.05) is 27.1 Å². The molecule has 2 rings (SSSR count). The van der Waals surface area contributed by atoms with Crippen LogP contribution in [0.5, 0.6) is 0 Å². The molecule has 1 heterocycles. The van der Waals surface area contributed by atoms with E-state index in [0.717, 1.165) is 5.56 Å². The van der Waals surface area contributed by atoms with Gasteiger partial charge in [0.2, 0.25) is 10.0 Å². The van der Waals surface area contributed by atoms with Gasteiger partial charge in [0.05, 0.1) is 11.1 Å². The molecule has 0 unspecified atom stereocenters. The van der Waals surface area contributed by atoms with Gasteiger partial charge in [0.1, 0.15) is 0 Å². The molecule has 2 aromatic rings. The summed E-state index contributed by atoms with van der Waals surface area (Å²) in [5, 5.41) is 4.13.